The van der Waals surface area contributed by atoms with Crippen LogP contribution in [0.25, 0.3) is 5.57 Å². The summed E-state index contributed by atoms with van der Waals surface area (Å²) < 4.78 is 13.3. The molecular formula is C16H12FN3O2. The molecule has 2 amide bonds. The van der Waals surface area contributed by atoms with Gasteiger partial charge in [-0.1, -0.05) is 0 Å². The van der Waals surface area contributed by atoms with Crippen LogP contribution < -0.4 is 16.4 Å². The Hall–Kier alpha value is -3.15. The lowest BCUT2D eigenvalue weighted by Gasteiger charge is -2.03. The molecule has 0 spiro atoms. The molecule has 6 heteroatoms. The van der Waals surface area contributed by atoms with Crippen molar-refractivity contribution in [2.45, 2.75) is 0 Å². The smallest absolute Gasteiger partial charge is 0.257 e. The number of nitrogens with two attached hydrogens (primary N) is 1. The first-order valence-corrected chi connectivity index (χ1v) is 6.52. The fourth-order valence-corrected chi connectivity index (χ4v) is 2.19. The van der Waals surface area contributed by atoms with E-state index in [1.54, 1.807) is 24.3 Å². The van der Waals surface area contributed by atoms with Gasteiger partial charge in [-0.25, -0.2) is 4.39 Å². The summed E-state index contributed by atoms with van der Waals surface area (Å²) in [6.07, 6.45) is 1.50. The van der Waals surface area contributed by atoms with Gasteiger partial charge < -0.3 is 16.4 Å². The lowest BCUT2D eigenvalue weighted by Crippen LogP contribution is -2.10. The van der Waals surface area contributed by atoms with Crippen LogP contribution >= 0.6 is 0 Å². The molecule has 0 saturated heterocycles. The lowest BCUT2D eigenvalue weighted by molar-refractivity contribution is -0.110. The van der Waals surface area contributed by atoms with E-state index in [0.717, 1.165) is 0 Å². The molecule has 2 aromatic carbocycles. The van der Waals surface area contributed by atoms with E-state index in [0.29, 0.717) is 28.1 Å². The Morgan fingerprint density at radius 1 is 1.18 bits per heavy atom. The van der Waals surface area contributed by atoms with Crippen molar-refractivity contribution in [1.82, 2.24) is 0 Å². The Morgan fingerprint density at radius 3 is 2.59 bits per heavy atom. The van der Waals surface area contributed by atoms with Crippen LogP contribution in [0, 0.1) is 5.82 Å². The van der Waals surface area contributed by atoms with Gasteiger partial charge in [-0.2, -0.15) is 0 Å². The normalized spacial score (nSPS) is 14.6. The van der Waals surface area contributed by atoms with Gasteiger partial charge in [-0.05, 0) is 42.5 Å². The average Bonchev–Trinajstić information content (AvgIpc) is 2.80. The quantitative estimate of drug-likeness (QED) is 0.760. The summed E-state index contributed by atoms with van der Waals surface area (Å²) in [7, 11) is 0. The predicted molar refractivity (Wildman–Crippen MR) is 81.6 cm³/mol. The molecule has 0 radical (unpaired) electrons. The Morgan fingerprint density at radius 2 is 1.91 bits per heavy atom. The topological polar surface area (TPSA) is 84.2 Å². The van der Waals surface area contributed by atoms with Gasteiger partial charge >= 0.3 is 0 Å². The highest BCUT2D eigenvalue weighted by Gasteiger charge is 2.24. The number of amides is 2. The van der Waals surface area contributed by atoms with Crippen LogP contribution in [0.3, 0.4) is 0 Å². The van der Waals surface area contributed by atoms with E-state index in [2.05, 4.69) is 10.6 Å². The summed E-state index contributed by atoms with van der Waals surface area (Å²) in [5.41, 5.74) is 7.65. The van der Waals surface area contributed by atoms with E-state index in [9.17, 15) is 14.0 Å². The van der Waals surface area contributed by atoms with Gasteiger partial charge in [0, 0.05) is 28.7 Å². The van der Waals surface area contributed by atoms with Gasteiger partial charge in [0.15, 0.2) is 0 Å². The monoisotopic (exact) mass is 297 g/mol. The van der Waals surface area contributed by atoms with Gasteiger partial charge in [0.25, 0.3) is 5.91 Å². The number of hydrogen-bond acceptors (Lipinski definition) is 3. The third-order valence-corrected chi connectivity index (χ3v) is 3.32. The van der Waals surface area contributed by atoms with Crippen molar-refractivity contribution < 1.29 is 14.0 Å². The Balaban J connectivity index is 1.85. The van der Waals surface area contributed by atoms with E-state index in [1.165, 1.54) is 24.4 Å². The average molecular weight is 297 g/mol. The molecule has 3 rings (SSSR count). The van der Waals surface area contributed by atoms with Crippen LogP contribution in [0.4, 0.5) is 15.8 Å². The third kappa shape index (κ3) is 2.54. The number of carbonyl (C=O) groups is 2. The minimum Gasteiger partial charge on any atom is -0.366 e. The van der Waals surface area contributed by atoms with Crippen molar-refractivity contribution in [2.24, 2.45) is 5.73 Å². The molecule has 22 heavy (non-hydrogen) atoms. The van der Waals surface area contributed by atoms with Gasteiger partial charge in [-0.3, -0.25) is 9.59 Å². The molecule has 5 nitrogen and oxygen atoms in total. The molecule has 0 saturated carbocycles. The minimum atomic E-state index is -0.510. The number of nitrogens with one attached hydrogen (secondary N) is 2. The SMILES string of the molecule is NC(=O)c1ccc(N/C=C2\C(=O)Nc3ccc(F)cc32)cc1. The summed E-state index contributed by atoms with van der Waals surface area (Å²) in [6.45, 7) is 0. The van der Waals surface area contributed by atoms with Crippen molar-refractivity contribution in [3.8, 4) is 0 Å². The van der Waals surface area contributed by atoms with E-state index in [4.69, 9.17) is 5.73 Å². The first kappa shape index (κ1) is 13.8. The highest BCUT2D eigenvalue weighted by molar-refractivity contribution is 6.31. The van der Waals surface area contributed by atoms with Crippen LogP contribution in [-0.4, -0.2) is 11.8 Å². The number of benzene rings is 2. The van der Waals surface area contributed by atoms with Gasteiger partial charge in [0.2, 0.25) is 5.91 Å². The number of anilines is 2. The molecular weight excluding hydrogens is 285 g/mol. The molecule has 0 bridgehead atoms. The first-order valence-electron chi connectivity index (χ1n) is 6.52. The van der Waals surface area contributed by atoms with Crippen molar-refractivity contribution in [1.29, 1.82) is 0 Å². The minimum absolute atomic E-state index is 0.304. The fraction of sp³-hybridized carbons (Fsp3) is 0. The lowest BCUT2D eigenvalue weighted by atomic mass is 10.1. The molecule has 2 aromatic rings. The molecule has 1 aliphatic heterocycles. The molecule has 4 N–H and O–H groups in total. The van der Waals surface area contributed by atoms with Crippen LogP contribution in [0.2, 0.25) is 0 Å². The van der Waals surface area contributed by atoms with Crippen LogP contribution in [0.15, 0.2) is 48.7 Å². The molecule has 0 aliphatic carbocycles. The van der Waals surface area contributed by atoms with Crippen molar-refractivity contribution in [2.75, 3.05) is 10.6 Å². The third-order valence-electron chi connectivity index (χ3n) is 3.32. The van der Waals surface area contributed by atoms with Gasteiger partial charge in [0.05, 0.1) is 5.57 Å². The summed E-state index contributed by atoms with van der Waals surface area (Å²) in [5.74, 6) is -1.22. The first-order chi connectivity index (χ1) is 10.5. The van der Waals surface area contributed by atoms with Gasteiger partial charge in [0.1, 0.15) is 5.82 Å². The van der Waals surface area contributed by atoms with E-state index in [-0.39, 0.29) is 5.91 Å². The van der Waals surface area contributed by atoms with E-state index in [1.807, 2.05) is 0 Å². The number of rotatable bonds is 3. The van der Waals surface area contributed by atoms with Crippen LogP contribution in [0.1, 0.15) is 15.9 Å². The Labute approximate surface area is 125 Å². The second-order valence-electron chi connectivity index (χ2n) is 4.79. The maximum atomic E-state index is 13.3. The van der Waals surface area contributed by atoms with Crippen molar-refractivity contribution in [3.05, 3.63) is 65.6 Å². The number of carbonyl (C=O) groups excluding carboxylic acids is 2. The Kier molecular flexibility index (Phi) is 3.34. The van der Waals surface area contributed by atoms with Gasteiger partial charge in [-0.15, -0.1) is 0 Å². The van der Waals surface area contributed by atoms with Crippen LogP contribution in [-0.2, 0) is 4.79 Å². The molecule has 1 heterocycles. The highest BCUT2D eigenvalue weighted by atomic mass is 19.1. The Bertz CT molecular complexity index is 798. The van der Waals surface area contributed by atoms with Crippen LogP contribution in [0.5, 0.6) is 0 Å². The summed E-state index contributed by atoms with van der Waals surface area (Å²) in [6, 6.07) is 10.6. The second kappa shape index (κ2) is 5.33. The molecule has 110 valence electrons. The number of primary amides is 1. The molecule has 0 atom stereocenters. The van der Waals surface area contributed by atoms with Crippen molar-refractivity contribution in [3.63, 3.8) is 0 Å². The fourth-order valence-electron chi connectivity index (χ4n) is 2.19. The maximum absolute atomic E-state index is 13.3. The standard InChI is InChI=1S/C16H12FN3O2/c17-10-3-6-14-12(7-10)13(16(22)20-14)8-19-11-4-1-9(2-5-11)15(18)21/h1-8,19H,(H2,18,21)(H,20,22)/b13-8-. The zero-order valence-electron chi connectivity index (χ0n) is 11.4. The molecule has 1 aliphatic rings. The maximum Gasteiger partial charge on any atom is 0.257 e. The largest absolute Gasteiger partial charge is 0.366 e. The zero-order valence-corrected chi connectivity index (χ0v) is 11.4. The second-order valence-corrected chi connectivity index (χ2v) is 4.79. The van der Waals surface area contributed by atoms with E-state index < -0.39 is 11.7 Å². The highest BCUT2D eigenvalue weighted by Crippen LogP contribution is 2.32. The predicted octanol–water partition coefficient (Wildman–Crippen LogP) is 2.33. The summed E-state index contributed by atoms with van der Waals surface area (Å²) >= 11 is 0. The molecule has 0 aromatic heterocycles. The van der Waals surface area contributed by atoms with E-state index >= 15 is 0 Å². The summed E-state index contributed by atoms with van der Waals surface area (Å²) in [4.78, 5) is 22.9. The number of hydrogen-bond donors (Lipinski definition) is 3. The molecule has 0 unspecified atom stereocenters. The number of fused-ring (bicyclic) bond motifs is 1. The summed E-state index contributed by atoms with van der Waals surface area (Å²) in [5, 5.41) is 5.61. The zero-order chi connectivity index (χ0) is 15.7. The van der Waals surface area contributed by atoms with Crippen molar-refractivity contribution >= 4 is 28.8 Å². The molecule has 0 fully saturated rings. The number of halogens is 1.